The quantitative estimate of drug-likeness (QED) is 0.530. The van der Waals surface area contributed by atoms with E-state index in [0.717, 1.165) is 0 Å². The summed E-state index contributed by atoms with van der Waals surface area (Å²) in [5.41, 5.74) is 0.0405. The highest BCUT2D eigenvalue weighted by Crippen LogP contribution is 2.37. The molecule has 0 N–H and O–H groups in total. The van der Waals surface area contributed by atoms with E-state index < -0.39 is 17.8 Å². The zero-order chi connectivity index (χ0) is 25.5. The standard InChI is InChI=1S/C24H31F4N5O2/c1-14-11-33(31-19(14)20(25)26)22-29-16(9-15-5-7-24(27,28)8-6-15)10-18(30-22)35-17-12-32(13-17)21(34)23(2,3)4/h10-11,15,17,20H,5-9,12-13H2,1-4H3. The van der Waals surface area contributed by atoms with Crippen LogP contribution >= 0.6 is 0 Å². The monoisotopic (exact) mass is 497 g/mol. The number of carbonyl (C=O) groups excluding carboxylic acids is 1. The number of halogens is 4. The number of aryl methyl sites for hydroxylation is 1. The normalized spacial score (nSPS) is 19.2. The molecule has 1 amide bonds. The summed E-state index contributed by atoms with van der Waals surface area (Å²) in [6.45, 7) is 7.93. The van der Waals surface area contributed by atoms with Gasteiger partial charge in [-0.2, -0.15) is 10.1 Å². The van der Waals surface area contributed by atoms with Crippen molar-refractivity contribution in [3.05, 3.63) is 29.2 Å². The summed E-state index contributed by atoms with van der Waals surface area (Å²) in [7, 11) is 0. The maximum atomic E-state index is 13.6. The van der Waals surface area contributed by atoms with Crippen LogP contribution in [0.2, 0.25) is 0 Å². The highest BCUT2D eigenvalue weighted by atomic mass is 19.3. The highest BCUT2D eigenvalue weighted by molar-refractivity contribution is 5.82. The molecule has 2 aromatic rings. The summed E-state index contributed by atoms with van der Waals surface area (Å²) in [6.07, 6.45) is -0.677. The second-order valence-corrected chi connectivity index (χ2v) is 10.6. The Morgan fingerprint density at radius 2 is 1.86 bits per heavy atom. The van der Waals surface area contributed by atoms with E-state index in [9.17, 15) is 22.4 Å². The predicted molar refractivity (Wildman–Crippen MR) is 120 cm³/mol. The van der Waals surface area contributed by atoms with Crippen LogP contribution in [-0.4, -0.2) is 55.7 Å². The van der Waals surface area contributed by atoms with Crippen LogP contribution < -0.4 is 4.74 Å². The van der Waals surface area contributed by atoms with Gasteiger partial charge in [0.2, 0.25) is 17.7 Å². The Labute approximate surface area is 201 Å². The Kier molecular flexibility index (Phi) is 6.80. The minimum Gasteiger partial charge on any atom is -0.470 e. The van der Waals surface area contributed by atoms with Crippen molar-refractivity contribution in [3.8, 4) is 11.8 Å². The van der Waals surface area contributed by atoms with Gasteiger partial charge in [-0.3, -0.25) is 4.79 Å². The van der Waals surface area contributed by atoms with Gasteiger partial charge in [0.15, 0.2) is 0 Å². The fourth-order valence-corrected chi connectivity index (χ4v) is 4.44. The minimum atomic E-state index is -2.74. The van der Waals surface area contributed by atoms with Crippen LogP contribution in [0.4, 0.5) is 17.6 Å². The molecule has 0 atom stereocenters. The molecule has 0 bridgehead atoms. The summed E-state index contributed by atoms with van der Waals surface area (Å²) >= 11 is 0. The van der Waals surface area contributed by atoms with Gasteiger partial charge in [-0.15, -0.1) is 0 Å². The van der Waals surface area contributed by atoms with E-state index in [4.69, 9.17) is 4.74 Å². The Morgan fingerprint density at radius 3 is 2.43 bits per heavy atom. The fraction of sp³-hybridized carbons (Fsp3) is 0.667. The van der Waals surface area contributed by atoms with Crippen molar-refractivity contribution in [1.82, 2.24) is 24.6 Å². The van der Waals surface area contributed by atoms with Gasteiger partial charge in [0, 0.05) is 30.5 Å². The first kappa shape index (κ1) is 25.4. The van der Waals surface area contributed by atoms with Crippen LogP contribution in [0, 0.1) is 18.3 Å². The van der Waals surface area contributed by atoms with Crippen molar-refractivity contribution in [2.45, 2.75) is 78.3 Å². The molecular formula is C24H31F4N5O2. The lowest BCUT2D eigenvalue weighted by Crippen LogP contribution is -2.58. The number of nitrogens with zero attached hydrogens (tertiary/aromatic N) is 5. The molecule has 35 heavy (non-hydrogen) atoms. The molecule has 2 fully saturated rings. The van der Waals surface area contributed by atoms with Crippen molar-refractivity contribution >= 4 is 5.91 Å². The number of amides is 1. The van der Waals surface area contributed by atoms with Crippen molar-refractivity contribution in [3.63, 3.8) is 0 Å². The number of hydrogen-bond acceptors (Lipinski definition) is 5. The number of ether oxygens (including phenoxy) is 1. The van der Waals surface area contributed by atoms with Gasteiger partial charge in [-0.05, 0) is 37.7 Å². The lowest BCUT2D eigenvalue weighted by molar-refractivity contribution is -0.148. The lowest BCUT2D eigenvalue weighted by Gasteiger charge is -2.41. The third-order valence-corrected chi connectivity index (χ3v) is 6.49. The summed E-state index contributed by atoms with van der Waals surface area (Å²) in [5.74, 6) is -2.24. The van der Waals surface area contributed by atoms with E-state index in [0.29, 0.717) is 43.6 Å². The predicted octanol–water partition coefficient (Wildman–Crippen LogP) is 4.91. The molecule has 2 aliphatic rings. The second kappa shape index (κ2) is 9.39. The smallest absolute Gasteiger partial charge is 0.282 e. The van der Waals surface area contributed by atoms with E-state index in [-0.39, 0.29) is 48.3 Å². The molecule has 1 aliphatic heterocycles. The van der Waals surface area contributed by atoms with E-state index in [1.54, 1.807) is 11.0 Å². The summed E-state index contributed by atoms with van der Waals surface area (Å²) in [4.78, 5) is 23.0. The van der Waals surface area contributed by atoms with E-state index in [2.05, 4.69) is 15.1 Å². The molecule has 0 radical (unpaired) electrons. The first-order valence-corrected chi connectivity index (χ1v) is 11.9. The average molecular weight is 498 g/mol. The molecule has 4 rings (SSSR count). The van der Waals surface area contributed by atoms with Crippen molar-refractivity contribution in [2.75, 3.05) is 13.1 Å². The van der Waals surface area contributed by atoms with Gasteiger partial charge in [-0.1, -0.05) is 20.8 Å². The molecule has 7 nitrogen and oxygen atoms in total. The average Bonchev–Trinajstić information content (AvgIpc) is 3.13. The van der Waals surface area contributed by atoms with Gasteiger partial charge in [-0.25, -0.2) is 27.2 Å². The topological polar surface area (TPSA) is 73.1 Å². The maximum Gasteiger partial charge on any atom is 0.282 e. The third-order valence-electron chi connectivity index (χ3n) is 6.49. The van der Waals surface area contributed by atoms with Gasteiger partial charge >= 0.3 is 0 Å². The number of alkyl halides is 4. The van der Waals surface area contributed by atoms with Gasteiger partial charge in [0.05, 0.1) is 18.8 Å². The lowest BCUT2D eigenvalue weighted by atomic mass is 9.84. The summed E-state index contributed by atoms with van der Waals surface area (Å²) in [6, 6.07) is 1.66. The van der Waals surface area contributed by atoms with E-state index in [1.165, 1.54) is 17.8 Å². The largest absolute Gasteiger partial charge is 0.470 e. The van der Waals surface area contributed by atoms with Gasteiger partial charge < -0.3 is 9.64 Å². The molecule has 1 saturated heterocycles. The van der Waals surface area contributed by atoms with Crippen molar-refractivity contribution < 1.29 is 27.1 Å². The maximum absolute atomic E-state index is 13.6. The molecular weight excluding hydrogens is 466 g/mol. The molecule has 192 valence electrons. The highest BCUT2D eigenvalue weighted by Gasteiger charge is 2.38. The van der Waals surface area contributed by atoms with Crippen LogP contribution in [0.15, 0.2) is 12.3 Å². The zero-order valence-corrected chi connectivity index (χ0v) is 20.4. The van der Waals surface area contributed by atoms with Gasteiger partial charge in [0.25, 0.3) is 12.4 Å². The molecule has 1 saturated carbocycles. The van der Waals surface area contributed by atoms with Crippen molar-refractivity contribution in [1.29, 1.82) is 0 Å². The number of aromatic nitrogens is 4. The van der Waals surface area contributed by atoms with Gasteiger partial charge in [0.1, 0.15) is 11.8 Å². The van der Waals surface area contributed by atoms with E-state index in [1.807, 2.05) is 20.8 Å². The first-order valence-electron chi connectivity index (χ1n) is 11.9. The Balaban J connectivity index is 1.54. The number of rotatable bonds is 6. The minimum absolute atomic E-state index is 0.0297. The Bertz CT molecular complexity index is 1070. The summed E-state index contributed by atoms with van der Waals surface area (Å²) in [5, 5.41) is 3.94. The third kappa shape index (κ3) is 5.92. The first-order chi connectivity index (χ1) is 16.3. The molecule has 0 spiro atoms. The summed E-state index contributed by atoms with van der Waals surface area (Å²) < 4.78 is 60.9. The molecule has 2 aromatic heterocycles. The van der Waals surface area contributed by atoms with Crippen molar-refractivity contribution in [2.24, 2.45) is 11.3 Å². The molecule has 11 heteroatoms. The Hall–Kier alpha value is -2.72. The van der Waals surface area contributed by atoms with Crippen LogP contribution in [0.1, 0.15) is 69.8 Å². The fourth-order valence-electron chi connectivity index (χ4n) is 4.44. The SMILES string of the molecule is Cc1cn(-c2nc(CC3CCC(F)(F)CC3)cc(OC3CN(C(=O)C(C)(C)C)C3)n2)nc1C(F)F. The van der Waals surface area contributed by atoms with Crippen LogP contribution in [-0.2, 0) is 11.2 Å². The van der Waals surface area contributed by atoms with Crippen LogP contribution in [0.5, 0.6) is 5.88 Å². The van der Waals surface area contributed by atoms with Crippen LogP contribution in [0.25, 0.3) is 5.95 Å². The number of hydrogen-bond donors (Lipinski definition) is 0. The second-order valence-electron chi connectivity index (χ2n) is 10.6. The zero-order valence-electron chi connectivity index (χ0n) is 20.4. The Morgan fingerprint density at radius 1 is 1.20 bits per heavy atom. The van der Waals surface area contributed by atoms with E-state index >= 15 is 0 Å². The molecule has 1 aliphatic carbocycles. The van der Waals surface area contributed by atoms with Crippen LogP contribution in [0.3, 0.4) is 0 Å². The number of likely N-dealkylation sites (tertiary alicyclic amines) is 1. The molecule has 3 heterocycles. The molecule has 0 unspecified atom stereocenters. The molecule has 0 aromatic carbocycles. The number of carbonyl (C=O) groups is 1.